The number of aryl methyl sites for hydroxylation is 1. The summed E-state index contributed by atoms with van der Waals surface area (Å²) < 4.78 is 1.78. The smallest absolute Gasteiger partial charge is 0.157 e. The Balaban J connectivity index is 1.84. The van der Waals surface area contributed by atoms with Crippen LogP contribution in [0.1, 0.15) is 16.7 Å². The van der Waals surface area contributed by atoms with Crippen molar-refractivity contribution in [1.82, 2.24) is 14.6 Å². The molecule has 2 N–H and O–H groups in total. The Hall–Kier alpha value is -2.40. The molecule has 2 aromatic heterocycles. The van der Waals surface area contributed by atoms with Crippen LogP contribution in [0.2, 0.25) is 0 Å². The van der Waals surface area contributed by atoms with Gasteiger partial charge in [-0.05, 0) is 35.7 Å². The zero-order valence-electron chi connectivity index (χ0n) is 11.2. The number of aliphatic hydroxyl groups excluding tert-OH is 1. The van der Waals surface area contributed by atoms with Gasteiger partial charge in [-0.15, -0.1) is 0 Å². The van der Waals surface area contributed by atoms with E-state index in [-0.39, 0.29) is 6.61 Å². The van der Waals surface area contributed by atoms with Crippen molar-refractivity contribution in [2.45, 2.75) is 20.1 Å². The second-order valence-corrected chi connectivity index (χ2v) is 4.78. The quantitative estimate of drug-likeness (QED) is 0.761. The summed E-state index contributed by atoms with van der Waals surface area (Å²) in [7, 11) is 0. The van der Waals surface area contributed by atoms with Crippen LogP contribution in [0.5, 0.6) is 0 Å². The van der Waals surface area contributed by atoms with Gasteiger partial charge in [0.25, 0.3) is 0 Å². The number of benzene rings is 1. The van der Waals surface area contributed by atoms with Gasteiger partial charge >= 0.3 is 0 Å². The highest BCUT2D eigenvalue weighted by atomic mass is 16.3. The fourth-order valence-electron chi connectivity index (χ4n) is 2.21. The van der Waals surface area contributed by atoms with Crippen molar-refractivity contribution < 1.29 is 5.11 Å². The van der Waals surface area contributed by atoms with Crippen LogP contribution in [0.3, 0.4) is 0 Å². The Bertz CT molecular complexity index is 736. The minimum absolute atomic E-state index is 0.0611. The summed E-state index contributed by atoms with van der Waals surface area (Å²) >= 11 is 0. The van der Waals surface area contributed by atoms with Crippen molar-refractivity contribution in [2.75, 3.05) is 5.32 Å². The maximum atomic E-state index is 9.15. The van der Waals surface area contributed by atoms with Gasteiger partial charge in [0.1, 0.15) is 12.1 Å². The van der Waals surface area contributed by atoms with E-state index in [4.69, 9.17) is 5.11 Å². The standard InChI is InChI=1S/C15H16N4O/c1-11-5-14(19-15(6-11)17-10-18-19)16-8-12-3-2-4-13(7-12)9-20/h2-7,10,16,20H,8-9H2,1H3. The Morgan fingerprint density at radius 3 is 2.90 bits per heavy atom. The van der Waals surface area contributed by atoms with Crippen molar-refractivity contribution in [3.05, 3.63) is 59.4 Å². The molecule has 5 heteroatoms. The molecule has 1 aromatic carbocycles. The summed E-state index contributed by atoms with van der Waals surface area (Å²) in [4.78, 5) is 4.20. The maximum absolute atomic E-state index is 9.15. The predicted octanol–water partition coefficient (Wildman–Crippen LogP) is 2.14. The third kappa shape index (κ3) is 2.48. The van der Waals surface area contributed by atoms with Crippen molar-refractivity contribution in [1.29, 1.82) is 0 Å². The molecule has 3 rings (SSSR count). The number of hydrogen-bond donors (Lipinski definition) is 2. The Labute approximate surface area is 116 Å². The zero-order chi connectivity index (χ0) is 13.9. The first-order chi connectivity index (χ1) is 9.76. The topological polar surface area (TPSA) is 62.5 Å². The molecule has 20 heavy (non-hydrogen) atoms. The SMILES string of the molecule is Cc1cc(NCc2cccc(CO)c2)n2ncnc2c1. The van der Waals surface area contributed by atoms with Gasteiger partial charge in [-0.1, -0.05) is 24.3 Å². The summed E-state index contributed by atoms with van der Waals surface area (Å²) in [5, 5.41) is 16.7. The van der Waals surface area contributed by atoms with E-state index in [0.717, 1.165) is 28.2 Å². The summed E-state index contributed by atoms with van der Waals surface area (Å²) in [6, 6.07) is 11.9. The second-order valence-electron chi connectivity index (χ2n) is 4.78. The molecular weight excluding hydrogens is 252 g/mol. The van der Waals surface area contributed by atoms with Crippen molar-refractivity contribution in [2.24, 2.45) is 0 Å². The number of aliphatic hydroxyl groups is 1. The number of nitrogens with one attached hydrogen (secondary N) is 1. The van der Waals surface area contributed by atoms with E-state index in [1.165, 1.54) is 0 Å². The molecule has 0 aliphatic carbocycles. The van der Waals surface area contributed by atoms with E-state index < -0.39 is 0 Å². The number of nitrogens with zero attached hydrogens (tertiary/aromatic N) is 3. The Morgan fingerprint density at radius 1 is 1.20 bits per heavy atom. The molecule has 0 unspecified atom stereocenters. The molecule has 102 valence electrons. The lowest BCUT2D eigenvalue weighted by Gasteiger charge is -2.10. The lowest BCUT2D eigenvalue weighted by atomic mass is 10.1. The first-order valence-corrected chi connectivity index (χ1v) is 6.49. The van der Waals surface area contributed by atoms with Crippen LogP contribution < -0.4 is 5.32 Å². The highest BCUT2D eigenvalue weighted by molar-refractivity contribution is 5.51. The molecule has 0 fully saturated rings. The van der Waals surface area contributed by atoms with Gasteiger partial charge in [0, 0.05) is 6.54 Å². The van der Waals surface area contributed by atoms with E-state index >= 15 is 0 Å². The third-order valence-electron chi connectivity index (χ3n) is 3.17. The van der Waals surface area contributed by atoms with Gasteiger partial charge in [-0.25, -0.2) is 4.98 Å². The van der Waals surface area contributed by atoms with Crippen LogP contribution >= 0.6 is 0 Å². The molecule has 0 radical (unpaired) electrons. The van der Waals surface area contributed by atoms with E-state index in [0.29, 0.717) is 6.54 Å². The number of hydrogen-bond acceptors (Lipinski definition) is 4. The number of rotatable bonds is 4. The van der Waals surface area contributed by atoms with Gasteiger partial charge in [0.15, 0.2) is 5.65 Å². The van der Waals surface area contributed by atoms with Crippen LogP contribution in [0, 0.1) is 6.92 Å². The van der Waals surface area contributed by atoms with E-state index in [1.54, 1.807) is 10.8 Å². The average molecular weight is 268 g/mol. The molecule has 5 nitrogen and oxygen atoms in total. The minimum Gasteiger partial charge on any atom is -0.392 e. The van der Waals surface area contributed by atoms with Crippen molar-refractivity contribution >= 4 is 11.5 Å². The Morgan fingerprint density at radius 2 is 2.05 bits per heavy atom. The molecule has 0 aliphatic rings. The van der Waals surface area contributed by atoms with Gasteiger partial charge in [0.2, 0.25) is 0 Å². The fourth-order valence-corrected chi connectivity index (χ4v) is 2.21. The summed E-state index contributed by atoms with van der Waals surface area (Å²) in [5.41, 5.74) is 4.00. The lowest BCUT2D eigenvalue weighted by molar-refractivity contribution is 0.281. The number of fused-ring (bicyclic) bond motifs is 1. The summed E-state index contributed by atoms with van der Waals surface area (Å²) in [6.07, 6.45) is 1.55. The third-order valence-corrected chi connectivity index (χ3v) is 3.17. The average Bonchev–Trinajstić information content (AvgIpc) is 2.93. The monoisotopic (exact) mass is 268 g/mol. The fraction of sp³-hybridized carbons (Fsp3) is 0.200. The molecule has 0 atom stereocenters. The summed E-state index contributed by atoms with van der Waals surface area (Å²) in [5.74, 6) is 0.909. The first-order valence-electron chi connectivity index (χ1n) is 6.49. The first kappa shape index (κ1) is 12.6. The highest BCUT2D eigenvalue weighted by Gasteiger charge is 2.04. The van der Waals surface area contributed by atoms with Crippen LogP contribution in [0.15, 0.2) is 42.7 Å². The van der Waals surface area contributed by atoms with E-state index in [1.807, 2.05) is 43.3 Å². The van der Waals surface area contributed by atoms with Crippen LogP contribution in [0.4, 0.5) is 5.82 Å². The molecule has 0 amide bonds. The molecular formula is C15H16N4O. The largest absolute Gasteiger partial charge is 0.392 e. The number of anilines is 1. The highest BCUT2D eigenvalue weighted by Crippen LogP contribution is 2.15. The van der Waals surface area contributed by atoms with Crippen LogP contribution in [0.25, 0.3) is 5.65 Å². The lowest BCUT2D eigenvalue weighted by Crippen LogP contribution is -2.06. The summed E-state index contributed by atoms with van der Waals surface area (Å²) in [6.45, 7) is 2.77. The number of pyridine rings is 1. The Kier molecular flexibility index (Phi) is 3.35. The van der Waals surface area contributed by atoms with Crippen LogP contribution in [-0.4, -0.2) is 19.7 Å². The van der Waals surface area contributed by atoms with E-state index in [9.17, 15) is 0 Å². The molecule has 0 aliphatic heterocycles. The maximum Gasteiger partial charge on any atom is 0.157 e. The van der Waals surface area contributed by atoms with Crippen LogP contribution in [-0.2, 0) is 13.2 Å². The van der Waals surface area contributed by atoms with Gasteiger partial charge in [0.05, 0.1) is 6.61 Å². The van der Waals surface area contributed by atoms with Crippen molar-refractivity contribution in [3.8, 4) is 0 Å². The van der Waals surface area contributed by atoms with Gasteiger partial charge in [-0.3, -0.25) is 0 Å². The molecule has 0 saturated heterocycles. The molecule has 0 saturated carbocycles. The normalized spacial score (nSPS) is 10.9. The molecule has 0 spiro atoms. The van der Waals surface area contributed by atoms with Crippen molar-refractivity contribution in [3.63, 3.8) is 0 Å². The van der Waals surface area contributed by atoms with E-state index in [2.05, 4.69) is 15.4 Å². The predicted molar refractivity (Wildman–Crippen MR) is 77.4 cm³/mol. The minimum atomic E-state index is 0.0611. The molecule has 3 aromatic rings. The number of aromatic nitrogens is 3. The zero-order valence-corrected chi connectivity index (χ0v) is 11.2. The molecule has 2 heterocycles. The second kappa shape index (κ2) is 5.30. The van der Waals surface area contributed by atoms with Gasteiger partial charge < -0.3 is 10.4 Å². The van der Waals surface area contributed by atoms with Gasteiger partial charge in [-0.2, -0.15) is 9.61 Å². The molecule has 0 bridgehead atoms.